The van der Waals surface area contributed by atoms with Crippen molar-refractivity contribution in [1.82, 2.24) is 24.3 Å². The third-order valence-corrected chi connectivity index (χ3v) is 5.03. The average molecular weight is 385 g/mol. The lowest BCUT2D eigenvalue weighted by Gasteiger charge is -2.47. The van der Waals surface area contributed by atoms with E-state index in [0.29, 0.717) is 32.1 Å². The molecular weight excluding hydrogens is 362 g/mol. The van der Waals surface area contributed by atoms with Crippen LogP contribution < -0.4 is 0 Å². The molecule has 2 saturated heterocycles. The van der Waals surface area contributed by atoms with Gasteiger partial charge in [0.1, 0.15) is 0 Å². The van der Waals surface area contributed by atoms with E-state index in [0.717, 1.165) is 5.69 Å². The molecule has 4 heterocycles. The SMILES string of the molecule is Cn1ccnc1C(=O)N1CCOC2(CN(C(=O)Cc3ccccn3)CCO2)C1. The first kappa shape index (κ1) is 18.6. The predicted molar refractivity (Wildman–Crippen MR) is 98.3 cm³/mol. The summed E-state index contributed by atoms with van der Waals surface area (Å²) in [6.45, 7) is 2.19. The van der Waals surface area contributed by atoms with Crippen LogP contribution in [0.2, 0.25) is 0 Å². The Balaban J connectivity index is 1.44. The topological polar surface area (TPSA) is 89.8 Å². The van der Waals surface area contributed by atoms with E-state index >= 15 is 0 Å². The lowest BCUT2D eigenvalue weighted by molar-refractivity contribution is -0.284. The van der Waals surface area contributed by atoms with Crippen molar-refractivity contribution < 1.29 is 19.1 Å². The number of ether oxygens (including phenoxy) is 2. The number of amides is 2. The number of rotatable bonds is 3. The molecule has 0 aliphatic carbocycles. The second-order valence-corrected chi connectivity index (χ2v) is 7.01. The van der Waals surface area contributed by atoms with Crippen LogP contribution in [0.5, 0.6) is 0 Å². The largest absolute Gasteiger partial charge is 0.345 e. The number of carbonyl (C=O) groups is 2. The van der Waals surface area contributed by atoms with Crippen LogP contribution in [0.1, 0.15) is 16.3 Å². The molecule has 0 aromatic carbocycles. The summed E-state index contributed by atoms with van der Waals surface area (Å²) in [4.78, 5) is 37.3. The van der Waals surface area contributed by atoms with Crippen molar-refractivity contribution in [2.24, 2.45) is 7.05 Å². The quantitative estimate of drug-likeness (QED) is 0.744. The van der Waals surface area contributed by atoms with Crippen molar-refractivity contribution in [3.8, 4) is 0 Å². The minimum absolute atomic E-state index is 0.0301. The molecule has 4 rings (SSSR count). The predicted octanol–water partition coefficient (Wildman–Crippen LogP) is 0.0853. The smallest absolute Gasteiger partial charge is 0.290 e. The summed E-state index contributed by atoms with van der Waals surface area (Å²) in [7, 11) is 1.78. The number of hydrogen-bond donors (Lipinski definition) is 0. The Morgan fingerprint density at radius 2 is 1.82 bits per heavy atom. The van der Waals surface area contributed by atoms with Gasteiger partial charge in [-0.05, 0) is 12.1 Å². The Morgan fingerprint density at radius 1 is 1.07 bits per heavy atom. The van der Waals surface area contributed by atoms with Crippen LogP contribution in [0.25, 0.3) is 0 Å². The van der Waals surface area contributed by atoms with E-state index < -0.39 is 5.79 Å². The number of pyridine rings is 1. The summed E-state index contributed by atoms with van der Waals surface area (Å²) in [5, 5.41) is 0. The normalized spacial score (nSPS) is 22.5. The molecule has 9 nitrogen and oxygen atoms in total. The van der Waals surface area contributed by atoms with Gasteiger partial charge in [-0.2, -0.15) is 0 Å². The van der Waals surface area contributed by atoms with Crippen LogP contribution in [-0.2, 0) is 27.7 Å². The number of aromatic nitrogens is 3. The van der Waals surface area contributed by atoms with Gasteiger partial charge in [-0.1, -0.05) is 6.07 Å². The lowest BCUT2D eigenvalue weighted by Crippen LogP contribution is -2.64. The Labute approximate surface area is 162 Å². The lowest BCUT2D eigenvalue weighted by atomic mass is 10.1. The van der Waals surface area contributed by atoms with E-state index in [1.165, 1.54) is 0 Å². The fourth-order valence-electron chi connectivity index (χ4n) is 3.57. The Kier molecular flexibility index (Phi) is 5.10. The van der Waals surface area contributed by atoms with Crippen molar-refractivity contribution in [3.63, 3.8) is 0 Å². The summed E-state index contributed by atoms with van der Waals surface area (Å²) in [6, 6.07) is 5.51. The van der Waals surface area contributed by atoms with Gasteiger partial charge in [-0.15, -0.1) is 0 Å². The van der Waals surface area contributed by atoms with Gasteiger partial charge < -0.3 is 23.8 Å². The molecule has 2 aromatic rings. The van der Waals surface area contributed by atoms with Crippen LogP contribution in [-0.4, -0.2) is 81.3 Å². The Hall–Kier alpha value is -2.78. The Bertz CT molecular complexity index is 851. The van der Waals surface area contributed by atoms with E-state index in [1.54, 1.807) is 40.0 Å². The monoisotopic (exact) mass is 385 g/mol. The molecule has 0 radical (unpaired) electrons. The highest BCUT2D eigenvalue weighted by Crippen LogP contribution is 2.26. The molecule has 0 bridgehead atoms. The molecule has 1 unspecified atom stereocenters. The summed E-state index contributed by atoms with van der Waals surface area (Å²) in [5.74, 6) is -0.832. The van der Waals surface area contributed by atoms with Gasteiger partial charge in [0.05, 0.1) is 32.7 Å². The van der Waals surface area contributed by atoms with Crippen LogP contribution in [0.4, 0.5) is 0 Å². The van der Waals surface area contributed by atoms with Gasteiger partial charge >= 0.3 is 0 Å². The summed E-state index contributed by atoms with van der Waals surface area (Å²) < 4.78 is 13.5. The van der Waals surface area contributed by atoms with E-state index in [-0.39, 0.29) is 31.3 Å². The van der Waals surface area contributed by atoms with E-state index in [4.69, 9.17) is 9.47 Å². The van der Waals surface area contributed by atoms with Gasteiger partial charge in [-0.25, -0.2) is 4.98 Å². The third-order valence-electron chi connectivity index (χ3n) is 5.03. The van der Waals surface area contributed by atoms with Gasteiger partial charge in [0.25, 0.3) is 5.91 Å². The van der Waals surface area contributed by atoms with Crippen molar-refractivity contribution >= 4 is 11.8 Å². The van der Waals surface area contributed by atoms with E-state index in [9.17, 15) is 9.59 Å². The first-order valence-electron chi connectivity index (χ1n) is 9.28. The second kappa shape index (κ2) is 7.69. The molecule has 2 aliphatic heterocycles. The summed E-state index contributed by atoms with van der Waals surface area (Å²) >= 11 is 0. The van der Waals surface area contributed by atoms with Crippen molar-refractivity contribution in [2.75, 3.05) is 39.4 Å². The third kappa shape index (κ3) is 3.76. The first-order chi connectivity index (χ1) is 13.6. The van der Waals surface area contributed by atoms with Crippen molar-refractivity contribution in [2.45, 2.75) is 12.2 Å². The zero-order valence-corrected chi connectivity index (χ0v) is 15.8. The number of carbonyl (C=O) groups excluding carboxylic acids is 2. The van der Waals surface area contributed by atoms with Crippen molar-refractivity contribution in [1.29, 1.82) is 0 Å². The summed E-state index contributed by atoms with van der Waals surface area (Å²) in [5.41, 5.74) is 0.726. The second-order valence-electron chi connectivity index (χ2n) is 7.01. The maximum absolute atomic E-state index is 12.8. The molecule has 0 N–H and O–H groups in total. The van der Waals surface area contributed by atoms with E-state index in [1.807, 2.05) is 18.2 Å². The van der Waals surface area contributed by atoms with Gasteiger partial charge in [0, 0.05) is 44.4 Å². The molecule has 148 valence electrons. The summed E-state index contributed by atoms with van der Waals surface area (Å²) in [6.07, 6.45) is 5.23. The van der Waals surface area contributed by atoms with E-state index in [2.05, 4.69) is 9.97 Å². The molecule has 2 fully saturated rings. The van der Waals surface area contributed by atoms with Crippen molar-refractivity contribution in [3.05, 3.63) is 48.3 Å². The molecule has 1 atom stereocenters. The molecular formula is C19H23N5O4. The zero-order valence-electron chi connectivity index (χ0n) is 15.8. The zero-order chi connectivity index (χ0) is 19.6. The standard InChI is InChI=1S/C19H23N5O4/c1-22-7-6-21-17(22)18(26)24-9-11-28-19(14-24)13-23(8-10-27-19)16(25)12-15-4-2-3-5-20-15/h2-7H,8-14H2,1H3. The maximum atomic E-state index is 12.8. The van der Waals surface area contributed by atoms with Gasteiger partial charge in [-0.3, -0.25) is 14.6 Å². The minimum atomic E-state index is -1.00. The molecule has 2 aliphatic rings. The van der Waals surface area contributed by atoms with Gasteiger partial charge in [0.15, 0.2) is 5.82 Å². The number of aryl methyl sites for hydroxylation is 1. The molecule has 0 saturated carbocycles. The molecule has 1 spiro atoms. The maximum Gasteiger partial charge on any atom is 0.290 e. The molecule has 9 heteroatoms. The fourth-order valence-corrected chi connectivity index (χ4v) is 3.57. The van der Waals surface area contributed by atoms with Crippen LogP contribution in [0.3, 0.4) is 0 Å². The van der Waals surface area contributed by atoms with Crippen LogP contribution >= 0.6 is 0 Å². The Morgan fingerprint density at radius 3 is 2.50 bits per heavy atom. The highest BCUT2D eigenvalue weighted by Gasteiger charge is 2.44. The number of nitrogens with zero attached hydrogens (tertiary/aromatic N) is 5. The molecule has 2 aromatic heterocycles. The molecule has 2 amide bonds. The van der Waals surface area contributed by atoms with Gasteiger partial charge in [0.2, 0.25) is 11.7 Å². The fraction of sp³-hybridized carbons (Fsp3) is 0.474. The van der Waals surface area contributed by atoms with Crippen LogP contribution in [0.15, 0.2) is 36.8 Å². The first-order valence-corrected chi connectivity index (χ1v) is 9.28. The molecule has 28 heavy (non-hydrogen) atoms. The number of morpholine rings is 2. The van der Waals surface area contributed by atoms with Crippen LogP contribution in [0, 0.1) is 0 Å². The number of imidazole rings is 1. The highest BCUT2D eigenvalue weighted by molar-refractivity contribution is 5.91. The minimum Gasteiger partial charge on any atom is -0.345 e. The number of hydrogen-bond acceptors (Lipinski definition) is 6. The average Bonchev–Trinajstić information content (AvgIpc) is 3.14. The highest BCUT2D eigenvalue weighted by atomic mass is 16.7.